The molecule has 1 N–H and O–H groups in total. The monoisotopic (exact) mass is 387 g/mol. The third-order valence-corrected chi connectivity index (χ3v) is 4.11. The summed E-state index contributed by atoms with van der Waals surface area (Å²) in [5.74, 6) is -1.60. The Morgan fingerprint density at radius 2 is 1.76 bits per heavy atom. The Hall–Kier alpha value is -1.59. The number of rotatable bonds is 6. The molecule has 1 aromatic rings. The molecule has 0 bridgehead atoms. The van der Waals surface area contributed by atoms with Crippen molar-refractivity contribution in [2.24, 2.45) is 11.3 Å². The van der Waals surface area contributed by atoms with Crippen LogP contribution in [0.4, 0.5) is 0 Å². The third-order valence-electron chi connectivity index (χ3n) is 3.56. The summed E-state index contributed by atoms with van der Waals surface area (Å²) in [5.41, 5.74) is -0.400. The molecular weight excluding hydrogens is 365 g/mol. The number of hydrogen-bond acceptors (Lipinski definition) is 4. The van der Waals surface area contributed by atoms with Crippen molar-refractivity contribution in [2.45, 2.75) is 40.7 Å². The molecule has 0 aliphatic heterocycles. The lowest BCUT2D eigenvalue weighted by Crippen LogP contribution is -2.46. The van der Waals surface area contributed by atoms with Gasteiger partial charge in [0.2, 0.25) is 0 Å². The zero-order valence-electron chi connectivity index (χ0n) is 15.0. The maximum atomic E-state index is 12.4. The van der Waals surface area contributed by atoms with Crippen molar-refractivity contribution in [1.29, 1.82) is 0 Å². The smallest absolute Gasteiger partial charge is 0.329 e. The highest BCUT2D eigenvalue weighted by Crippen LogP contribution is 2.21. The molecule has 0 heterocycles. The van der Waals surface area contributed by atoms with E-state index >= 15 is 0 Å². The summed E-state index contributed by atoms with van der Waals surface area (Å²) < 4.78 is 5.08. The van der Waals surface area contributed by atoms with Gasteiger partial charge in [0.1, 0.15) is 6.04 Å². The second kappa shape index (κ2) is 8.68. The SMILES string of the molecule is CC(C)[C@H](NC(=O)c1ccc(Cl)cc1Cl)C(=O)OCC(=O)C(C)(C)C. The molecule has 0 saturated heterocycles. The van der Waals surface area contributed by atoms with Crippen LogP contribution < -0.4 is 5.32 Å². The molecule has 0 radical (unpaired) electrons. The first-order chi connectivity index (χ1) is 11.4. The van der Waals surface area contributed by atoms with E-state index in [4.69, 9.17) is 27.9 Å². The predicted octanol–water partition coefficient (Wildman–Crippen LogP) is 3.91. The number of esters is 1. The van der Waals surface area contributed by atoms with Gasteiger partial charge in [-0.25, -0.2) is 4.79 Å². The van der Waals surface area contributed by atoms with Crippen LogP contribution in [0.2, 0.25) is 10.0 Å². The first-order valence-corrected chi connectivity index (χ1v) is 8.65. The van der Waals surface area contributed by atoms with Gasteiger partial charge in [-0.1, -0.05) is 57.8 Å². The molecule has 25 heavy (non-hydrogen) atoms. The van der Waals surface area contributed by atoms with E-state index in [1.807, 2.05) is 0 Å². The normalized spacial score (nSPS) is 12.6. The van der Waals surface area contributed by atoms with Gasteiger partial charge < -0.3 is 10.1 Å². The molecule has 7 heteroatoms. The molecule has 138 valence electrons. The largest absolute Gasteiger partial charge is 0.456 e. The molecule has 0 unspecified atom stereocenters. The molecule has 5 nitrogen and oxygen atoms in total. The molecule has 0 spiro atoms. The van der Waals surface area contributed by atoms with Crippen LogP contribution in [-0.2, 0) is 14.3 Å². The lowest BCUT2D eigenvalue weighted by atomic mass is 9.91. The van der Waals surface area contributed by atoms with Crippen molar-refractivity contribution in [3.8, 4) is 0 Å². The number of carbonyl (C=O) groups is 3. The Balaban J connectivity index is 2.81. The van der Waals surface area contributed by atoms with Crippen LogP contribution in [0, 0.1) is 11.3 Å². The van der Waals surface area contributed by atoms with Crippen LogP contribution in [0.25, 0.3) is 0 Å². The molecule has 1 rings (SSSR count). The summed E-state index contributed by atoms with van der Waals surface area (Å²) in [7, 11) is 0. The van der Waals surface area contributed by atoms with Crippen molar-refractivity contribution < 1.29 is 19.1 Å². The van der Waals surface area contributed by atoms with Crippen molar-refractivity contribution in [3.05, 3.63) is 33.8 Å². The summed E-state index contributed by atoms with van der Waals surface area (Å²) >= 11 is 11.8. The van der Waals surface area contributed by atoms with E-state index in [9.17, 15) is 14.4 Å². The van der Waals surface area contributed by atoms with Gasteiger partial charge in [-0.3, -0.25) is 9.59 Å². The van der Waals surface area contributed by atoms with Crippen LogP contribution in [0.3, 0.4) is 0 Å². The maximum absolute atomic E-state index is 12.4. The third kappa shape index (κ3) is 6.33. The molecule has 1 atom stereocenters. The number of nitrogens with one attached hydrogen (secondary N) is 1. The van der Waals surface area contributed by atoms with Crippen LogP contribution >= 0.6 is 23.2 Å². The minimum Gasteiger partial charge on any atom is -0.456 e. The fourth-order valence-corrected chi connectivity index (χ4v) is 2.33. The van der Waals surface area contributed by atoms with Gasteiger partial charge in [0.15, 0.2) is 12.4 Å². The number of benzene rings is 1. The van der Waals surface area contributed by atoms with Gasteiger partial charge in [0.05, 0.1) is 10.6 Å². The topological polar surface area (TPSA) is 72.5 Å². The van der Waals surface area contributed by atoms with Crippen LogP contribution in [-0.4, -0.2) is 30.3 Å². The van der Waals surface area contributed by atoms with E-state index in [2.05, 4.69) is 5.32 Å². The van der Waals surface area contributed by atoms with Crippen LogP contribution in [0.5, 0.6) is 0 Å². The molecule has 1 aromatic carbocycles. The Labute approximate surface area is 158 Å². The van der Waals surface area contributed by atoms with E-state index in [-0.39, 0.29) is 28.9 Å². The lowest BCUT2D eigenvalue weighted by molar-refractivity contribution is -0.152. The zero-order chi connectivity index (χ0) is 19.4. The van der Waals surface area contributed by atoms with Crippen LogP contribution in [0.1, 0.15) is 45.0 Å². The highest BCUT2D eigenvalue weighted by molar-refractivity contribution is 6.36. The fourth-order valence-electron chi connectivity index (χ4n) is 1.83. The highest BCUT2D eigenvalue weighted by atomic mass is 35.5. The summed E-state index contributed by atoms with van der Waals surface area (Å²) in [6, 6.07) is 3.56. The maximum Gasteiger partial charge on any atom is 0.329 e. The van der Waals surface area contributed by atoms with Gasteiger partial charge in [0.25, 0.3) is 5.91 Å². The number of ether oxygens (including phenoxy) is 1. The van der Waals surface area contributed by atoms with Crippen molar-refractivity contribution in [2.75, 3.05) is 6.61 Å². The number of carbonyl (C=O) groups excluding carboxylic acids is 3. The Kier molecular flexibility index (Phi) is 7.44. The van der Waals surface area contributed by atoms with Gasteiger partial charge in [-0.2, -0.15) is 0 Å². The molecule has 0 aliphatic carbocycles. The number of ketones is 1. The highest BCUT2D eigenvalue weighted by Gasteiger charge is 2.29. The molecule has 0 aromatic heterocycles. The molecular formula is C18H23Cl2NO4. The fraction of sp³-hybridized carbons (Fsp3) is 0.500. The van der Waals surface area contributed by atoms with Crippen molar-refractivity contribution >= 4 is 40.9 Å². The zero-order valence-corrected chi connectivity index (χ0v) is 16.5. The van der Waals surface area contributed by atoms with Gasteiger partial charge in [-0.05, 0) is 24.1 Å². The first kappa shape index (κ1) is 21.5. The van der Waals surface area contributed by atoms with E-state index in [0.717, 1.165) is 0 Å². The van der Waals surface area contributed by atoms with E-state index in [1.165, 1.54) is 18.2 Å². The molecule has 1 amide bonds. The molecule has 0 fully saturated rings. The van der Waals surface area contributed by atoms with Crippen molar-refractivity contribution in [3.63, 3.8) is 0 Å². The predicted molar refractivity (Wildman–Crippen MR) is 98.0 cm³/mol. The van der Waals surface area contributed by atoms with Gasteiger partial charge in [-0.15, -0.1) is 0 Å². The van der Waals surface area contributed by atoms with E-state index < -0.39 is 23.3 Å². The molecule has 0 saturated carbocycles. The standard InChI is InChI=1S/C18H23Cl2NO4/c1-10(2)15(17(24)25-9-14(22)18(3,4)5)21-16(23)12-7-6-11(19)8-13(12)20/h6-8,10,15H,9H2,1-5H3,(H,21,23)/t15-/m0/s1. The minimum atomic E-state index is -0.896. The summed E-state index contributed by atoms with van der Waals surface area (Å²) in [6.07, 6.45) is 0. The Bertz CT molecular complexity index is 666. The van der Waals surface area contributed by atoms with Gasteiger partial charge >= 0.3 is 5.97 Å². The number of Topliss-reactive ketones (excluding diaryl/α,β-unsaturated/α-hetero) is 1. The second-order valence-corrected chi connectivity index (χ2v) is 7.94. The summed E-state index contributed by atoms with van der Waals surface area (Å²) in [6.45, 7) is 8.43. The average Bonchev–Trinajstić information content (AvgIpc) is 2.48. The summed E-state index contributed by atoms with van der Waals surface area (Å²) in [4.78, 5) is 36.5. The van der Waals surface area contributed by atoms with Crippen molar-refractivity contribution in [1.82, 2.24) is 5.32 Å². The quantitative estimate of drug-likeness (QED) is 0.750. The summed E-state index contributed by atoms with van der Waals surface area (Å²) in [5, 5.41) is 3.19. The number of halogens is 2. The van der Waals surface area contributed by atoms with Gasteiger partial charge in [0, 0.05) is 10.4 Å². The molecule has 0 aliphatic rings. The second-order valence-electron chi connectivity index (χ2n) is 7.10. The minimum absolute atomic E-state index is 0.184. The van der Waals surface area contributed by atoms with Crippen LogP contribution in [0.15, 0.2) is 18.2 Å². The Morgan fingerprint density at radius 3 is 2.24 bits per heavy atom. The average molecular weight is 388 g/mol. The number of amides is 1. The van der Waals surface area contributed by atoms with E-state index in [1.54, 1.807) is 34.6 Å². The Morgan fingerprint density at radius 1 is 1.16 bits per heavy atom. The number of hydrogen-bond donors (Lipinski definition) is 1. The lowest BCUT2D eigenvalue weighted by Gasteiger charge is -2.22. The first-order valence-electron chi connectivity index (χ1n) is 7.89. The van der Waals surface area contributed by atoms with E-state index in [0.29, 0.717) is 5.02 Å².